The summed E-state index contributed by atoms with van der Waals surface area (Å²) in [5.74, 6) is 0.140. The molecule has 3 atom stereocenters. The number of fused-ring (bicyclic) bond motifs is 1. The fraction of sp³-hybridized carbons (Fsp3) is 0.304. The second-order valence-corrected chi connectivity index (χ2v) is 8.49. The molecule has 2 aromatic carbocycles. The summed E-state index contributed by atoms with van der Waals surface area (Å²) in [5.41, 5.74) is 3.40. The Hall–Kier alpha value is -2.18. The van der Waals surface area contributed by atoms with E-state index in [2.05, 4.69) is 24.8 Å². The maximum Gasteiger partial charge on any atom is 0.121 e. The number of hydrogen-bond acceptors (Lipinski definition) is 5. The van der Waals surface area contributed by atoms with Crippen molar-refractivity contribution in [3.63, 3.8) is 0 Å². The van der Waals surface area contributed by atoms with Gasteiger partial charge in [0.25, 0.3) is 0 Å². The van der Waals surface area contributed by atoms with Crippen molar-refractivity contribution in [1.29, 1.82) is 0 Å². The van der Waals surface area contributed by atoms with E-state index in [0.29, 0.717) is 18.4 Å². The van der Waals surface area contributed by atoms with E-state index in [9.17, 15) is 15.3 Å². The molecular weight excluding hydrogens is 372 g/mol. The summed E-state index contributed by atoms with van der Waals surface area (Å²) in [6.07, 6.45) is -0.659. The van der Waals surface area contributed by atoms with Crippen molar-refractivity contribution in [3.8, 4) is 5.75 Å². The van der Waals surface area contributed by atoms with E-state index in [1.165, 1.54) is 10.1 Å². The zero-order chi connectivity index (χ0) is 19.8. The number of phenols is 1. The lowest BCUT2D eigenvalue weighted by molar-refractivity contribution is -0.114. The molecule has 4 rings (SSSR count). The number of phenolic OH excluding ortho intramolecular Hbond substituents is 1. The third kappa shape index (κ3) is 3.59. The monoisotopic (exact) mass is 396 g/mol. The first-order chi connectivity index (χ1) is 13.5. The molecule has 3 aromatic rings. The van der Waals surface area contributed by atoms with Gasteiger partial charge in [-0.2, -0.15) is 0 Å². The molecule has 3 unspecified atom stereocenters. The average Bonchev–Trinajstić information content (AvgIpc) is 3.11. The minimum absolute atomic E-state index is 0.140. The molecule has 4 nitrogen and oxygen atoms in total. The van der Waals surface area contributed by atoms with E-state index in [1.807, 2.05) is 25.1 Å². The van der Waals surface area contributed by atoms with Gasteiger partial charge in [0.1, 0.15) is 5.75 Å². The molecule has 0 amide bonds. The molecule has 3 N–H and O–H groups in total. The Bertz CT molecular complexity index is 990. The number of aliphatic hydroxyl groups is 2. The van der Waals surface area contributed by atoms with Crippen LogP contribution < -0.4 is 0 Å². The van der Waals surface area contributed by atoms with E-state index in [0.717, 1.165) is 21.6 Å². The van der Waals surface area contributed by atoms with Crippen LogP contribution in [0, 0.1) is 6.92 Å². The lowest BCUT2D eigenvalue weighted by atomic mass is 9.91. The number of aliphatic hydroxyl groups excluding tert-OH is 2. The number of rotatable bonds is 4. The Kier molecular flexibility index (Phi) is 5.25. The molecule has 5 heteroatoms. The quantitative estimate of drug-likeness (QED) is 0.605. The molecule has 28 heavy (non-hydrogen) atoms. The molecule has 2 heterocycles. The van der Waals surface area contributed by atoms with E-state index in [-0.39, 0.29) is 12.4 Å². The van der Waals surface area contributed by atoms with Crippen LogP contribution in [-0.4, -0.2) is 34.1 Å². The van der Waals surface area contributed by atoms with Gasteiger partial charge in [0.15, 0.2) is 0 Å². The summed E-state index contributed by atoms with van der Waals surface area (Å²) in [4.78, 5) is 1.08. The molecule has 1 aromatic heterocycles. The molecule has 0 radical (unpaired) electrons. The predicted molar refractivity (Wildman–Crippen MR) is 113 cm³/mol. The fourth-order valence-electron chi connectivity index (χ4n) is 3.86. The van der Waals surface area contributed by atoms with Gasteiger partial charge < -0.3 is 20.1 Å². The molecular formula is C23H24O4S. The van der Waals surface area contributed by atoms with Crippen molar-refractivity contribution < 1.29 is 20.1 Å². The average molecular weight is 397 g/mol. The summed E-state index contributed by atoms with van der Waals surface area (Å²) < 4.78 is 7.11. The molecule has 0 spiro atoms. The Morgan fingerprint density at radius 1 is 1.21 bits per heavy atom. The normalized spacial score (nSPS) is 22.5. The highest BCUT2D eigenvalue weighted by Gasteiger charge is 2.31. The van der Waals surface area contributed by atoms with Crippen molar-refractivity contribution in [2.24, 2.45) is 0 Å². The lowest BCUT2D eigenvalue weighted by Gasteiger charge is -2.33. The first kappa shape index (κ1) is 19.2. The van der Waals surface area contributed by atoms with Gasteiger partial charge in [0, 0.05) is 28.0 Å². The second kappa shape index (κ2) is 7.68. The molecule has 1 saturated heterocycles. The summed E-state index contributed by atoms with van der Waals surface area (Å²) in [6.45, 7) is 6.11. The number of aryl methyl sites for hydroxylation is 1. The highest BCUT2D eigenvalue weighted by Crippen LogP contribution is 2.40. The third-order valence-corrected chi connectivity index (χ3v) is 6.53. The molecule has 1 aliphatic heterocycles. The van der Waals surface area contributed by atoms with Crippen molar-refractivity contribution in [1.82, 2.24) is 0 Å². The lowest BCUT2D eigenvalue weighted by Crippen LogP contribution is -2.33. The van der Waals surface area contributed by atoms with Gasteiger partial charge in [-0.05, 0) is 53.3 Å². The van der Waals surface area contributed by atoms with Crippen LogP contribution in [0.1, 0.15) is 40.5 Å². The van der Waals surface area contributed by atoms with Crippen molar-refractivity contribution in [2.45, 2.75) is 38.1 Å². The first-order valence-electron chi connectivity index (χ1n) is 9.42. The smallest absolute Gasteiger partial charge is 0.121 e. The second-order valence-electron chi connectivity index (χ2n) is 7.41. The summed E-state index contributed by atoms with van der Waals surface area (Å²) >= 11 is 1.69. The summed E-state index contributed by atoms with van der Waals surface area (Å²) in [6, 6.07) is 14.0. The molecule has 146 valence electrons. The molecule has 1 fully saturated rings. The minimum atomic E-state index is -0.564. The highest BCUT2D eigenvalue weighted by atomic mass is 32.1. The molecule has 1 aliphatic rings. The van der Waals surface area contributed by atoms with Gasteiger partial charge >= 0.3 is 0 Å². The zero-order valence-corrected chi connectivity index (χ0v) is 16.6. The van der Waals surface area contributed by atoms with Crippen molar-refractivity contribution >= 4 is 27.0 Å². The molecule has 0 saturated carbocycles. The van der Waals surface area contributed by atoms with Crippen LogP contribution in [0.3, 0.4) is 0 Å². The third-order valence-electron chi connectivity index (χ3n) is 5.35. The van der Waals surface area contributed by atoms with Gasteiger partial charge in [-0.15, -0.1) is 11.3 Å². The van der Waals surface area contributed by atoms with Crippen LogP contribution in [-0.2, 0) is 4.74 Å². The van der Waals surface area contributed by atoms with E-state index >= 15 is 0 Å². The van der Waals surface area contributed by atoms with Crippen LogP contribution in [0.5, 0.6) is 5.75 Å². The van der Waals surface area contributed by atoms with Crippen molar-refractivity contribution in [3.05, 3.63) is 70.6 Å². The maximum atomic E-state index is 10.5. The van der Waals surface area contributed by atoms with Crippen LogP contribution >= 0.6 is 11.3 Å². The van der Waals surface area contributed by atoms with Crippen LogP contribution in [0.15, 0.2) is 49.0 Å². The number of hydrogen-bond donors (Lipinski definition) is 3. The molecule has 0 bridgehead atoms. The largest absolute Gasteiger partial charge is 0.508 e. The van der Waals surface area contributed by atoms with Crippen LogP contribution in [0.25, 0.3) is 15.7 Å². The maximum absolute atomic E-state index is 10.5. The van der Waals surface area contributed by atoms with Gasteiger partial charge in [-0.25, -0.2) is 0 Å². The van der Waals surface area contributed by atoms with Gasteiger partial charge in [0.2, 0.25) is 0 Å². The van der Waals surface area contributed by atoms with Gasteiger partial charge in [-0.1, -0.05) is 24.8 Å². The zero-order valence-electron chi connectivity index (χ0n) is 15.8. The first-order valence-corrected chi connectivity index (χ1v) is 10.2. The van der Waals surface area contributed by atoms with E-state index < -0.39 is 18.3 Å². The van der Waals surface area contributed by atoms with Crippen LogP contribution in [0.4, 0.5) is 0 Å². The van der Waals surface area contributed by atoms with E-state index in [4.69, 9.17) is 4.74 Å². The fourth-order valence-corrected chi connectivity index (χ4v) is 4.91. The number of thiophene rings is 1. The SMILES string of the molecule is C=C(c1cc2ccccc2s1)c1cc(C2CC(O)CC(CO)O2)c(O)cc1C. The highest BCUT2D eigenvalue weighted by molar-refractivity contribution is 7.20. The topological polar surface area (TPSA) is 69.9 Å². The number of aromatic hydroxyl groups is 1. The summed E-state index contributed by atoms with van der Waals surface area (Å²) in [5, 5.41) is 31.3. The Labute approximate surface area is 168 Å². The standard InChI is InChI=1S/C23H24O4S/c1-13-7-20(26)19(21-10-16(25)9-17(12-24)27-21)11-18(13)14(2)23-8-15-5-3-4-6-22(15)28-23/h3-8,11,16-17,21,24-26H,2,9-10,12H2,1H3. The minimum Gasteiger partial charge on any atom is -0.508 e. The number of benzene rings is 2. The Balaban J connectivity index is 1.71. The van der Waals surface area contributed by atoms with Gasteiger partial charge in [-0.3, -0.25) is 0 Å². The molecule has 0 aliphatic carbocycles. The number of ether oxygens (including phenoxy) is 1. The Morgan fingerprint density at radius 3 is 2.75 bits per heavy atom. The van der Waals surface area contributed by atoms with Crippen LogP contribution in [0.2, 0.25) is 0 Å². The Morgan fingerprint density at radius 2 is 2.00 bits per heavy atom. The summed E-state index contributed by atoms with van der Waals surface area (Å²) in [7, 11) is 0. The van der Waals surface area contributed by atoms with E-state index in [1.54, 1.807) is 17.4 Å². The van der Waals surface area contributed by atoms with Crippen molar-refractivity contribution in [2.75, 3.05) is 6.61 Å². The van der Waals surface area contributed by atoms with Gasteiger partial charge in [0.05, 0.1) is 24.9 Å². The predicted octanol–water partition coefficient (Wildman–Crippen LogP) is 4.55.